The summed E-state index contributed by atoms with van der Waals surface area (Å²) in [6.45, 7) is 0. The molecule has 0 aromatic heterocycles. The van der Waals surface area contributed by atoms with Crippen molar-refractivity contribution >= 4 is 10.8 Å². The highest BCUT2D eigenvalue weighted by Crippen LogP contribution is 2.59. The van der Waals surface area contributed by atoms with Crippen LogP contribution in [0.3, 0.4) is 0 Å². The van der Waals surface area contributed by atoms with Crippen LogP contribution in [0.5, 0.6) is 11.5 Å². The van der Waals surface area contributed by atoms with E-state index in [0.29, 0.717) is 0 Å². The van der Waals surface area contributed by atoms with Crippen LogP contribution < -0.4 is 4.74 Å². The van der Waals surface area contributed by atoms with Crippen LogP contribution in [0.2, 0.25) is 0 Å². The maximum Gasteiger partial charge on any atom is 0.132 e. The Balaban J connectivity index is 1.14. The molecule has 55 heavy (non-hydrogen) atoms. The summed E-state index contributed by atoms with van der Waals surface area (Å²) < 4.78 is 6.89. The SMILES string of the molecule is c1ccc(C2(c3ccccc3)c3ccccc3Oc3cc(-c4cccc(C5(c6ccccc6)c6ccccc6-c6c5ccc5ccccc65)c4)ccc32)cc1. The van der Waals surface area contributed by atoms with E-state index in [1.165, 1.54) is 55.3 Å². The van der Waals surface area contributed by atoms with Crippen molar-refractivity contribution in [2.45, 2.75) is 10.8 Å². The maximum atomic E-state index is 6.89. The van der Waals surface area contributed by atoms with Gasteiger partial charge in [-0.1, -0.05) is 200 Å². The number of hydrogen-bond acceptors (Lipinski definition) is 1. The molecule has 0 saturated heterocycles. The monoisotopic (exact) mass is 700 g/mol. The molecule has 0 amide bonds. The molecule has 0 bridgehead atoms. The predicted molar refractivity (Wildman–Crippen MR) is 225 cm³/mol. The van der Waals surface area contributed by atoms with E-state index in [4.69, 9.17) is 4.74 Å². The number of benzene rings is 9. The number of ether oxygens (including phenoxy) is 1. The number of rotatable bonds is 5. The lowest BCUT2D eigenvalue weighted by atomic mass is 9.63. The standard InChI is InChI=1S/C54H36O/c1-4-19-40(20-5-1)53(41-21-6-2-7-22-41)47-29-14-15-30-50(47)55-51-36-39(32-33-48(51)53)38-18-16-25-43(35-38)54(42-23-8-3-9-24-42)46-28-13-12-27-45(46)52-44-26-11-10-17-37(44)31-34-49(52)54/h1-36H. The molecule has 0 fully saturated rings. The van der Waals surface area contributed by atoms with Gasteiger partial charge in [-0.15, -0.1) is 0 Å². The number of fused-ring (bicyclic) bond motifs is 7. The second-order valence-electron chi connectivity index (χ2n) is 14.7. The van der Waals surface area contributed by atoms with Crippen LogP contribution in [0.4, 0.5) is 0 Å². The summed E-state index contributed by atoms with van der Waals surface area (Å²) in [7, 11) is 0. The molecule has 9 aromatic rings. The number of hydrogen-bond donors (Lipinski definition) is 0. The van der Waals surface area contributed by atoms with Gasteiger partial charge < -0.3 is 4.74 Å². The van der Waals surface area contributed by atoms with Gasteiger partial charge >= 0.3 is 0 Å². The van der Waals surface area contributed by atoms with Gasteiger partial charge in [0.1, 0.15) is 11.5 Å². The molecular weight excluding hydrogens is 665 g/mol. The van der Waals surface area contributed by atoms with Crippen LogP contribution in [0.1, 0.15) is 44.5 Å². The molecule has 0 radical (unpaired) electrons. The van der Waals surface area contributed by atoms with E-state index in [0.717, 1.165) is 33.8 Å². The normalized spacial score (nSPS) is 16.0. The van der Waals surface area contributed by atoms with E-state index < -0.39 is 10.8 Å². The first-order valence-electron chi connectivity index (χ1n) is 19.1. The topological polar surface area (TPSA) is 9.23 Å². The summed E-state index contributed by atoms with van der Waals surface area (Å²) in [5, 5.41) is 2.54. The Morgan fingerprint density at radius 3 is 1.56 bits per heavy atom. The number of para-hydroxylation sites is 1. The summed E-state index contributed by atoms with van der Waals surface area (Å²) in [4.78, 5) is 0. The Labute approximate surface area is 321 Å². The molecule has 1 heterocycles. The van der Waals surface area contributed by atoms with Crippen LogP contribution in [0, 0.1) is 0 Å². The van der Waals surface area contributed by atoms with Crippen molar-refractivity contribution in [2.24, 2.45) is 0 Å². The van der Waals surface area contributed by atoms with E-state index in [1.807, 2.05) is 0 Å². The molecule has 9 aromatic carbocycles. The lowest BCUT2D eigenvalue weighted by Crippen LogP contribution is -2.34. The molecule has 1 heteroatoms. The highest BCUT2D eigenvalue weighted by molar-refractivity contribution is 6.04. The molecular formula is C54H36O. The minimum Gasteiger partial charge on any atom is -0.457 e. The van der Waals surface area contributed by atoms with Gasteiger partial charge in [-0.25, -0.2) is 0 Å². The van der Waals surface area contributed by atoms with Gasteiger partial charge in [0.2, 0.25) is 0 Å². The fourth-order valence-electron chi connectivity index (χ4n) is 9.85. The Bertz CT molecular complexity index is 2850. The minimum absolute atomic E-state index is 0.507. The quantitative estimate of drug-likeness (QED) is 0.174. The van der Waals surface area contributed by atoms with Crippen molar-refractivity contribution in [3.05, 3.63) is 263 Å². The van der Waals surface area contributed by atoms with Crippen LogP contribution in [0.25, 0.3) is 33.0 Å². The van der Waals surface area contributed by atoms with E-state index >= 15 is 0 Å². The van der Waals surface area contributed by atoms with E-state index in [1.54, 1.807) is 0 Å². The Morgan fingerprint density at radius 1 is 0.309 bits per heavy atom. The molecule has 0 saturated carbocycles. The van der Waals surface area contributed by atoms with E-state index in [9.17, 15) is 0 Å². The van der Waals surface area contributed by atoms with Crippen LogP contribution in [0.15, 0.2) is 218 Å². The van der Waals surface area contributed by atoms with Gasteiger partial charge in [0, 0.05) is 11.1 Å². The van der Waals surface area contributed by atoms with Crippen molar-refractivity contribution in [3.63, 3.8) is 0 Å². The van der Waals surface area contributed by atoms with Gasteiger partial charge in [0.25, 0.3) is 0 Å². The Hall–Kier alpha value is -6.96. The fourth-order valence-corrected chi connectivity index (χ4v) is 9.85. The summed E-state index contributed by atoms with van der Waals surface area (Å²) >= 11 is 0. The molecule has 258 valence electrons. The third-order valence-corrected chi connectivity index (χ3v) is 12.1. The third-order valence-electron chi connectivity index (χ3n) is 12.1. The Kier molecular flexibility index (Phi) is 7.06. The van der Waals surface area contributed by atoms with Crippen molar-refractivity contribution in [2.75, 3.05) is 0 Å². The zero-order chi connectivity index (χ0) is 36.4. The van der Waals surface area contributed by atoms with E-state index in [2.05, 4.69) is 218 Å². The smallest absolute Gasteiger partial charge is 0.132 e. The second-order valence-corrected chi connectivity index (χ2v) is 14.7. The molecule has 1 atom stereocenters. The maximum absolute atomic E-state index is 6.89. The summed E-state index contributed by atoms with van der Waals surface area (Å²) in [6, 6.07) is 79.8. The molecule has 1 nitrogen and oxygen atoms in total. The van der Waals surface area contributed by atoms with Gasteiger partial charge in [-0.3, -0.25) is 0 Å². The van der Waals surface area contributed by atoms with Gasteiger partial charge in [0.05, 0.1) is 10.8 Å². The second kappa shape index (κ2) is 12.3. The predicted octanol–water partition coefficient (Wildman–Crippen LogP) is 13.4. The van der Waals surface area contributed by atoms with Gasteiger partial charge in [-0.05, 0) is 84.6 Å². The largest absolute Gasteiger partial charge is 0.457 e. The summed E-state index contributed by atoms with van der Waals surface area (Å²) in [5.74, 6) is 1.75. The molecule has 0 spiro atoms. The van der Waals surface area contributed by atoms with Crippen LogP contribution in [-0.2, 0) is 10.8 Å². The fraction of sp³-hybridized carbons (Fsp3) is 0.0370. The van der Waals surface area contributed by atoms with E-state index in [-0.39, 0.29) is 0 Å². The average Bonchev–Trinajstić information content (AvgIpc) is 3.58. The molecule has 2 aliphatic rings. The first-order valence-corrected chi connectivity index (χ1v) is 19.1. The zero-order valence-electron chi connectivity index (χ0n) is 30.2. The molecule has 1 unspecified atom stereocenters. The first kappa shape index (κ1) is 31.6. The third kappa shape index (κ3) is 4.47. The lowest BCUT2D eigenvalue weighted by molar-refractivity contribution is 0.435. The first-order chi connectivity index (χ1) is 27.3. The molecule has 0 N–H and O–H groups in total. The molecule has 11 rings (SSSR count). The van der Waals surface area contributed by atoms with Gasteiger partial charge in [0.15, 0.2) is 0 Å². The molecule has 1 aliphatic heterocycles. The summed E-state index contributed by atoms with van der Waals surface area (Å²) in [5.41, 5.74) is 13.6. The highest BCUT2D eigenvalue weighted by Gasteiger charge is 2.47. The zero-order valence-corrected chi connectivity index (χ0v) is 30.2. The lowest BCUT2D eigenvalue weighted by Gasteiger charge is -2.41. The summed E-state index contributed by atoms with van der Waals surface area (Å²) in [6.07, 6.45) is 0. The van der Waals surface area contributed by atoms with Crippen molar-refractivity contribution in [3.8, 4) is 33.8 Å². The van der Waals surface area contributed by atoms with Crippen molar-refractivity contribution < 1.29 is 4.74 Å². The average molecular weight is 701 g/mol. The van der Waals surface area contributed by atoms with Crippen LogP contribution in [-0.4, -0.2) is 0 Å². The van der Waals surface area contributed by atoms with Gasteiger partial charge in [-0.2, -0.15) is 0 Å². The van der Waals surface area contributed by atoms with Crippen molar-refractivity contribution in [1.82, 2.24) is 0 Å². The molecule has 1 aliphatic carbocycles. The highest BCUT2D eigenvalue weighted by atomic mass is 16.5. The Morgan fingerprint density at radius 2 is 0.836 bits per heavy atom. The minimum atomic E-state index is -0.551. The van der Waals surface area contributed by atoms with Crippen LogP contribution >= 0.6 is 0 Å². The van der Waals surface area contributed by atoms with Crippen molar-refractivity contribution in [1.29, 1.82) is 0 Å².